The minimum atomic E-state index is -2.81. The molecule has 25 heavy (non-hydrogen) atoms. The Morgan fingerprint density at radius 1 is 1.24 bits per heavy atom. The minimum absolute atomic E-state index is 0.00492. The number of sulfone groups is 1. The summed E-state index contributed by atoms with van der Waals surface area (Å²) in [7, 11) is -2.81. The van der Waals surface area contributed by atoms with Crippen LogP contribution in [0.4, 0.5) is 0 Å². The number of amides is 1. The summed E-state index contributed by atoms with van der Waals surface area (Å²) >= 11 is 0. The zero-order valence-corrected chi connectivity index (χ0v) is 15.8. The molecule has 0 aromatic carbocycles. The average Bonchev–Trinajstić information content (AvgIpc) is 3.01. The third kappa shape index (κ3) is 4.61. The molecule has 2 saturated heterocycles. The molecule has 140 valence electrons. The average molecular weight is 369 g/mol. The first-order chi connectivity index (χ1) is 11.8. The Balaban J connectivity index is 1.45. The molecule has 1 amide bonds. The number of nitrogens with one attached hydrogen (secondary N) is 1. The Bertz CT molecular complexity index is 693. The zero-order valence-electron chi connectivity index (χ0n) is 15.0. The van der Waals surface area contributed by atoms with Crippen molar-refractivity contribution in [1.29, 1.82) is 0 Å². The van der Waals surface area contributed by atoms with Gasteiger partial charge >= 0.3 is 0 Å². The molecular formula is C17H28N4O3S. The van der Waals surface area contributed by atoms with Crippen molar-refractivity contribution < 1.29 is 13.2 Å². The lowest BCUT2D eigenvalue weighted by molar-refractivity contribution is -0.125. The number of nitrogens with zero attached hydrogens (tertiary/aromatic N) is 3. The lowest BCUT2D eigenvalue weighted by atomic mass is 10.0. The molecule has 0 spiro atoms. The van der Waals surface area contributed by atoms with Gasteiger partial charge in [-0.1, -0.05) is 0 Å². The molecule has 0 radical (unpaired) electrons. The van der Waals surface area contributed by atoms with Gasteiger partial charge in [0.15, 0.2) is 0 Å². The Morgan fingerprint density at radius 2 is 1.88 bits per heavy atom. The summed E-state index contributed by atoms with van der Waals surface area (Å²) in [6.45, 7) is 5.66. The molecule has 1 N–H and O–H groups in total. The van der Waals surface area contributed by atoms with Gasteiger partial charge in [-0.15, -0.1) is 0 Å². The highest BCUT2D eigenvalue weighted by molar-refractivity contribution is 7.91. The standard InChI is InChI=1S/C17H28N4O3S/c1-13-11-18-21(12-13)14(2)17(22)19-15-3-7-20(8-4-15)16-5-9-25(23,24)10-6-16/h11-12,14-16H,3-10H2,1-2H3,(H,19,22)/t14-/m1/s1. The number of carbonyl (C=O) groups excluding carboxylic acids is 1. The topological polar surface area (TPSA) is 84.3 Å². The van der Waals surface area contributed by atoms with Crippen LogP contribution >= 0.6 is 0 Å². The van der Waals surface area contributed by atoms with Crippen LogP contribution in [0.2, 0.25) is 0 Å². The first-order valence-corrected chi connectivity index (χ1v) is 10.9. The summed E-state index contributed by atoms with van der Waals surface area (Å²) in [4.78, 5) is 14.8. The number of carbonyl (C=O) groups is 1. The normalized spacial score (nSPS) is 24.1. The third-order valence-corrected chi connectivity index (χ3v) is 7.14. The van der Waals surface area contributed by atoms with Gasteiger partial charge in [0.05, 0.1) is 17.7 Å². The molecule has 1 aromatic heterocycles. The fourth-order valence-electron chi connectivity index (χ4n) is 3.74. The molecule has 0 saturated carbocycles. The van der Waals surface area contributed by atoms with Crippen LogP contribution in [-0.4, -0.2) is 65.7 Å². The van der Waals surface area contributed by atoms with Crippen molar-refractivity contribution in [3.63, 3.8) is 0 Å². The molecule has 3 rings (SSSR count). The van der Waals surface area contributed by atoms with Crippen LogP contribution in [0.3, 0.4) is 0 Å². The van der Waals surface area contributed by atoms with Crippen LogP contribution in [0.25, 0.3) is 0 Å². The summed E-state index contributed by atoms with van der Waals surface area (Å²) in [5.41, 5.74) is 1.04. The second-order valence-corrected chi connectivity index (χ2v) is 9.68. The predicted molar refractivity (Wildman–Crippen MR) is 96.1 cm³/mol. The lowest BCUT2D eigenvalue weighted by Crippen LogP contribution is -2.50. The van der Waals surface area contributed by atoms with Gasteiger partial charge in [0.2, 0.25) is 5.91 Å². The van der Waals surface area contributed by atoms with Gasteiger partial charge in [0.25, 0.3) is 0 Å². The summed E-state index contributed by atoms with van der Waals surface area (Å²) in [5.74, 6) is 0.634. The second kappa shape index (κ2) is 7.45. The maximum Gasteiger partial charge on any atom is 0.244 e. The van der Waals surface area contributed by atoms with Crippen molar-refractivity contribution in [2.45, 2.75) is 57.7 Å². The molecule has 8 heteroatoms. The molecule has 3 heterocycles. The van der Waals surface area contributed by atoms with Crippen molar-refractivity contribution in [3.8, 4) is 0 Å². The van der Waals surface area contributed by atoms with Crippen LogP contribution in [0.5, 0.6) is 0 Å². The van der Waals surface area contributed by atoms with E-state index < -0.39 is 9.84 Å². The minimum Gasteiger partial charge on any atom is -0.351 e. The summed E-state index contributed by atoms with van der Waals surface area (Å²) in [6.07, 6.45) is 6.96. The molecule has 2 aliphatic rings. The lowest BCUT2D eigenvalue weighted by Gasteiger charge is -2.39. The van der Waals surface area contributed by atoms with Crippen LogP contribution < -0.4 is 5.32 Å². The van der Waals surface area contributed by atoms with E-state index in [-0.39, 0.29) is 18.0 Å². The fourth-order valence-corrected chi connectivity index (χ4v) is 5.20. The van der Waals surface area contributed by atoms with Gasteiger partial charge in [-0.2, -0.15) is 5.10 Å². The van der Waals surface area contributed by atoms with E-state index in [2.05, 4.69) is 15.3 Å². The molecule has 2 aliphatic heterocycles. The van der Waals surface area contributed by atoms with Crippen molar-refractivity contribution >= 4 is 15.7 Å². The van der Waals surface area contributed by atoms with E-state index in [1.807, 2.05) is 20.0 Å². The van der Waals surface area contributed by atoms with Gasteiger partial charge in [-0.05, 0) is 45.1 Å². The highest BCUT2D eigenvalue weighted by Gasteiger charge is 2.31. The summed E-state index contributed by atoms with van der Waals surface area (Å²) < 4.78 is 24.8. The first-order valence-electron chi connectivity index (χ1n) is 9.10. The number of likely N-dealkylation sites (tertiary alicyclic amines) is 1. The van der Waals surface area contributed by atoms with Gasteiger partial charge < -0.3 is 10.2 Å². The predicted octanol–water partition coefficient (Wildman–Crippen LogP) is 0.910. The van der Waals surface area contributed by atoms with E-state index >= 15 is 0 Å². The van der Waals surface area contributed by atoms with Crippen molar-refractivity contribution in [2.24, 2.45) is 0 Å². The van der Waals surface area contributed by atoms with Crippen LogP contribution in [0.1, 0.15) is 44.2 Å². The van der Waals surface area contributed by atoms with Crippen molar-refractivity contribution in [1.82, 2.24) is 20.0 Å². The van der Waals surface area contributed by atoms with Crippen LogP contribution in [0, 0.1) is 6.92 Å². The number of aryl methyl sites for hydroxylation is 1. The molecular weight excluding hydrogens is 340 g/mol. The first kappa shape index (κ1) is 18.4. The Labute approximate surface area is 149 Å². The fraction of sp³-hybridized carbons (Fsp3) is 0.765. The molecule has 0 unspecified atom stereocenters. The monoisotopic (exact) mass is 368 g/mol. The Kier molecular flexibility index (Phi) is 5.48. The van der Waals surface area contributed by atoms with Crippen LogP contribution in [-0.2, 0) is 14.6 Å². The zero-order chi connectivity index (χ0) is 18.0. The molecule has 1 aromatic rings. The quantitative estimate of drug-likeness (QED) is 0.854. The van der Waals surface area contributed by atoms with E-state index in [1.54, 1.807) is 10.9 Å². The SMILES string of the molecule is Cc1cnn([C@H](C)C(=O)NC2CCN(C3CCS(=O)(=O)CC3)CC2)c1. The number of hydrogen-bond acceptors (Lipinski definition) is 5. The molecule has 0 bridgehead atoms. The smallest absolute Gasteiger partial charge is 0.244 e. The van der Waals surface area contributed by atoms with Crippen molar-refractivity contribution in [2.75, 3.05) is 24.6 Å². The number of rotatable bonds is 4. The maximum absolute atomic E-state index is 12.4. The van der Waals surface area contributed by atoms with E-state index in [1.165, 1.54) is 0 Å². The number of aromatic nitrogens is 2. The summed E-state index contributed by atoms with van der Waals surface area (Å²) in [6, 6.07) is 0.261. The van der Waals surface area contributed by atoms with E-state index in [0.717, 1.165) is 44.3 Å². The molecule has 7 nitrogen and oxygen atoms in total. The highest BCUT2D eigenvalue weighted by Crippen LogP contribution is 2.22. The Morgan fingerprint density at radius 3 is 2.44 bits per heavy atom. The highest BCUT2D eigenvalue weighted by atomic mass is 32.2. The van der Waals surface area contributed by atoms with Gasteiger partial charge in [-0.25, -0.2) is 8.42 Å². The largest absolute Gasteiger partial charge is 0.351 e. The van der Waals surface area contributed by atoms with Gasteiger partial charge in [-0.3, -0.25) is 9.48 Å². The van der Waals surface area contributed by atoms with Gasteiger partial charge in [0, 0.05) is 31.4 Å². The molecule has 2 fully saturated rings. The second-order valence-electron chi connectivity index (χ2n) is 7.38. The van der Waals surface area contributed by atoms with E-state index in [0.29, 0.717) is 17.5 Å². The maximum atomic E-state index is 12.4. The van der Waals surface area contributed by atoms with E-state index in [4.69, 9.17) is 0 Å². The number of hydrogen-bond donors (Lipinski definition) is 1. The molecule has 0 aliphatic carbocycles. The third-order valence-electron chi connectivity index (χ3n) is 5.42. The van der Waals surface area contributed by atoms with Gasteiger partial charge in [0.1, 0.15) is 15.9 Å². The van der Waals surface area contributed by atoms with E-state index in [9.17, 15) is 13.2 Å². The molecule has 1 atom stereocenters. The van der Waals surface area contributed by atoms with Crippen LogP contribution in [0.15, 0.2) is 12.4 Å². The Hall–Kier alpha value is -1.41. The summed E-state index contributed by atoms with van der Waals surface area (Å²) in [5, 5.41) is 7.35. The number of piperidine rings is 1. The van der Waals surface area contributed by atoms with Crippen molar-refractivity contribution in [3.05, 3.63) is 18.0 Å².